The molecule has 0 radical (unpaired) electrons. The third-order valence-corrected chi connectivity index (χ3v) is 2.04. The number of esters is 1. The molecular weight excluding hydrogens is 294 g/mol. The van der Waals surface area contributed by atoms with Gasteiger partial charge >= 0.3 is 75.5 Å². The predicted octanol–water partition coefficient (Wildman–Crippen LogP) is -7.91. The summed E-state index contributed by atoms with van der Waals surface area (Å²) in [4.78, 5) is 10.8. The van der Waals surface area contributed by atoms with Crippen LogP contribution in [0.2, 0.25) is 0 Å². The smallest absolute Gasteiger partial charge is 1.00 e. The van der Waals surface area contributed by atoms with Crippen molar-refractivity contribution in [1.82, 2.24) is 0 Å². The first-order valence-electron chi connectivity index (χ1n) is 3.86. The molecule has 1 aliphatic rings. The number of ether oxygens (including phenoxy) is 1. The Bertz CT molecular complexity index is 440. The van der Waals surface area contributed by atoms with Gasteiger partial charge in [0.2, 0.25) is 11.5 Å². The van der Waals surface area contributed by atoms with Gasteiger partial charge in [-0.3, -0.25) is 4.55 Å². The summed E-state index contributed by atoms with van der Waals surface area (Å²) >= 11 is 0. The molecule has 1 aliphatic heterocycles. The standard InChI is InChI=1S/C6H8O9S.2Na.2H/c7-1-2(8)4-5(15-16(11,12)13)3(9)6(10)14-4;;;;/h2,4,7-9H,1H2,(H,11,12,13);;;;/q;2*+1;2*-1/t2-,4+;;;;/m0..../s1. The first-order valence-corrected chi connectivity index (χ1v) is 5.22. The third-order valence-electron chi connectivity index (χ3n) is 1.65. The molecule has 18 heavy (non-hydrogen) atoms. The Morgan fingerprint density at radius 1 is 1.44 bits per heavy atom. The maximum absolute atomic E-state index is 10.8. The van der Waals surface area contributed by atoms with Crippen molar-refractivity contribution in [3.05, 3.63) is 11.5 Å². The maximum atomic E-state index is 10.8. The average Bonchev–Trinajstić information content (AvgIpc) is 2.43. The molecule has 0 unspecified atom stereocenters. The van der Waals surface area contributed by atoms with Crippen molar-refractivity contribution in [2.45, 2.75) is 12.2 Å². The molecule has 0 aliphatic carbocycles. The number of hydrogen-bond donors (Lipinski definition) is 4. The van der Waals surface area contributed by atoms with E-state index in [1.54, 1.807) is 0 Å². The van der Waals surface area contributed by atoms with E-state index >= 15 is 0 Å². The monoisotopic (exact) mass is 304 g/mol. The molecule has 4 N–H and O–H groups in total. The number of hydrogen-bond acceptors (Lipinski definition) is 8. The summed E-state index contributed by atoms with van der Waals surface area (Å²) in [6.07, 6.45) is -3.38. The molecule has 0 spiro atoms. The molecule has 2 atom stereocenters. The molecule has 0 aromatic carbocycles. The van der Waals surface area contributed by atoms with E-state index in [-0.39, 0.29) is 62.0 Å². The van der Waals surface area contributed by atoms with Crippen LogP contribution in [0.1, 0.15) is 2.85 Å². The Balaban J connectivity index is -0.000000320. The van der Waals surface area contributed by atoms with Gasteiger partial charge < -0.3 is 27.1 Å². The van der Waals surface area contributed by atoms with E-state index in [0.717, 1.165) is 0 Å². The number of aliphatic hydroxyl groups is 3. The Morgan fingerprint density at radius 3 is 2.33 bits per heavy atom. The molecular formula is C6H10Na2O9S. The van der Waals surface area contributed by atoms with E-state index < -0.39 is 46.7 Å². The van der Waals surface area contributed by atoms with Crippen molar-refractivity contribution in [3.8, 4) is 0 Å². The van der Waals surface area contributed by atoms with Gasteiger partial charge in [0.05, 0.1) is 6.61 Å². The molecule has 9 nitrogen and oxygen atoms in total. The molecule has 0 fully saturated rings. The van der Waals surface area contributed by atoms with E-state index in [0.29, 0.717) is 0 Å². The molecule has 12 heteroatoms. The largest absolute Gasteiger partial charge is 1.00 e. The molecule has 0 aromatic heterocycles. The molecule has 0 saturated carbocycles. The molecule has 0 amide bonds. The second-order valence-electron chi connectivity index (χ2n) is 2.80. The number of carbonyl (C=O) groups is 1. The van der Waals surface area contributed by atoms with Gasteiger partial charge in [0, 0.05) is 0 Å². The van der Waals surface area contributed by atoms with Crippen molar-refractivity contribution < 1.29 is 104 Å². The summed E-state index contributed by atoms with van der Waals surface area (Å²) in [5.74, 6) is -3.51. The van der Waals surface area contributed by atoms with Crippen molar-refractivity contribution in [2.24, 2.45) is 0 Å². The third kappa shape index (κ3) is 5.33. The fraction of sp³-hybridized carbons (Fsp3) is 0.500. The summed E-state index contributed by atoms with van der Waals surface area (Å²) in [7, 11) is -4.98. The maximum Gasteiger partial charge on any atom is 1.00 e. The molecule has 1 heterocycles. The van der Waals surface area contributed by atoms with Crippen LogP contribution in [0.3, 0.4) is 0 Å². The van der Waals surface area contributed by atoms with Gasteiger partial charge in [-0.15, -0.1) is 0 Å². The quantitative estimate of drug-likeness (QED) is 0.225. The summed E-state index contributed by atoms with van der Waals surface area (Å²) in [6, 6.07) is 0. The second kappa shape index (κ2) is 8.04. The van der Waals surface area contributed by atoms with Crippen LogP contribution in [0.5, 0.6) is 0 Å². The fourth-order valence-electron chi connectivity index (χ4n) is 1.01. The SMILES string of the molecule is O=C1O[C@H]([C@@H](O)CO)C(OS(=O)(=O)O)=C1O.[H-].[H-].[Na+].[Na+]. The van der Waals surface area contributed by atoms with Gasteiger partial charge in [0.25, 0.3) is 0 Å². The molecule has 96 valence electrons. The predicted molar refractivity (Wildman–Crippen MR) is 47.5 cm³/mol. The van der Waals surface area contributed by atoms with Gasteiger partial charge in [-0.05, 0) is 0 Å². The zero-order valence-electron chi connectivity index (χ0n) is 11.6. The molecule has 0 aromatic rings. The van der Waals surface area contributed by atoms with Crippen molar-refractivity contribution in [3.63, 3.8) is 0 Å². The average molecular weight is 304 g/mol. The number of carbonyl (C=O) groups excluding carboxylic acids is 1. The van der Waals surface area contributed by atoms with E-state index in [1.165, 1.54) is 0 Å². The van der Waals surface area contributed by atoms with Crippen LogP contribution < -0.4 is 59.1 Å². The molecule has 0 bridgehead atoms. The van der Waals surface area contributed by atoms with Gasteiger partial charge in [0.1, 0.15) is 6.10 Å². The Morgan fingerprint density at radius 2 is 1.94 bits per heavy atom. The zero-order valence-corrected chi connectivity index (χ0v) is 14.4. The van der Waals surface area contributed by atoms with E-state index in [2.05, 4.69) is 8.92 Å². The van der Waals surface area contributed by atoms with E-state index in [4.69, 9.17) is 19.9 Å². The number of cyclic esters (lactones) is 1. The van der Waals surface area contributed by atoms with Gasteiger partial charge in [-0.25, -0.2) is 4.79 Å². The van der Waals surface area contributed by atoms with Crippen LogP contribution in [-0.2, 0) is 24.1 Å². The topological polar surface area (TPSA) is 151 Å². The molecule has 1 rings (SSSR count). The summed E-state index contributed by atoms with van der Waals surface area (Å²) in [5.41, 5.74) is 0. The first-order chi connectivity index (χ1) is 7.26. The van der Waals surface area contributed by atoms with Gasteiger partial charge in [-0.1, -0.05) is 0 Å². The van der Waals surface area contributed by atoms with Crippen molar-refractivity contribution in [2.75, 3.05) is 6.61 Å². The van der Waals surface area contributed by atoms with Gasteiger partial charge in [-0.2, -0.15) is 8.42 Å². The van der Waals surface area contributed by atoms with Crippen LogP contribution in [0.25, 0.3) is 0 Å². The second-order valence-corrected chi connectivity index (χ2v) is 3.82. The molecule has 0 saturated heterocycles. The van der Waals surface area contributed by atoms with Crippen LogP contribution >= 0.6 is 0 Å². The summed E-state index contributed by atoms with van der Waals surface area (Å²) in [5, 5.41) is 26.7. The van der Waals surface area contributed by atoms with Crippen molar-refractivity contribution in [1.29, 1.82) is 0 Å². The van der Waals surface area contributed by atoms with Crippen molar-refractivity contribution >= 4 is 16.4 Å². The summed E-state index contributed by atoms with van der Waals surface area (Å²) < 4.78 is 37.3. The minimum absolute atomic E-state index is 0. The van der Waals surface area contributed by atoms with E-state index in [9.17, 15) is 13.2 Å². The number of rotatable bonds is 4. The van der Waals surface area contributed by atoms with E-state index in [1.807, 2.05) is 0 Å². The minimum Gasteiger partial charge on any atom is -1.00 e. The van der Waals surface area contributed by atoms with Crippen LogP contribution in [0, 0.1) is 0 Å². The Hall–Kier alpha value is 0.640. The Kier molecular flexibility index (Phi) is 9.36. The number of aliphatic hydroxyl groups excluding tert-OH is 3. The van der Waals surface area contributed by atoms with Crippen LogP contribution in [0.15, 0.2) is 11.5 Å². The summed E-state index contributed by atoms with van der Waals surface area (Å²) in [6.45, 7) is -0.871. The minimum atomic E-state index is -4.98. The normalized spacial score (nSPS) is 20.6. The Labute approximate surface area is 149 Å². The zero-order chi connectivity index (χ0) is 12.5. The van der Waals surface area contributed by atoms with Gasteiger partial charge in [0.15, 0.2) is 6.10 Å². The van der Waals surface area contributed by atoms with Crippen LogP contribution in [0.4, 0.5) is 0 Å². The fourth-order valence-corrected chi connectivity index (χ4v) is 1.41. The van der Waals surface area contributed by atoms with Crippen LogP contribution in [-0.4, -0.2) is 53.1 Å². The first kappa shape index (κ1) is 20.9.